The largest absolute Gasteiger partial charge is 0.295 e. The molecule has 0 amide bonds. The van der Waals surface area contributed by atoms with Gasteiger partial charge >= 0.3 is 0 Å². The van der Waals surface area contributed by atoms with Crippen molar-refractivity contribution in [2.24, 2.45) is 10.9 Å². The predicted molar refractivity (Wildman–Crippen MR) is 119 cm³/mol. The van der Waals surface area contributed by atoms with E-state index in [1.54, 1.807) is 6.92 Å². The minimum Gasteiger partial charge on any atom is -0.295 e. The number of Topliss-reactive ketones (excluding diaryl/α,β-unsaturated/α-hetero) is 1. The number of para-hydroxylation sites is 1. The summed E-state index contributed by atoms with van der Waals surface area (Å²) in [5.41, 5.74) is 6.33. The maximum Gasteiger partial charge on any atom is 0.156 e. The van der Waals surface area contributed by atoms with Crippen LogP contribution in [0.3, 0.4) is 0 Å². The van der Waals surface area contributed by atoms with E-state index in [0.29, 0.717) is 11.8 Å². The van der Waals surface area contributed by atoms with Crippen molar-refractivity contribution < 1.29 is 4.79 Å². The van der Waals surface area contributed by atoms with E-state index < -0.39 is 0 Å². The van der Waals surface area contributed by atoms with E-state index in [0.717, 1.165) is 22.5 Å². The molecule has 2 aromatic rings. The summed E-state index contributed by atoms with van der Waals surface area (Å²) in [6.07, 6.45) is 5.97. The molecule has 0 heterocycles. The molecule has 0 saturated heterocycles. The van der Waals surface area contributed by atoms with E-state index in [1.165, 1.54) is 11.1 Å². The van der Waals surface area contributed by atoms with Gasteiger partial charge in [0, 0.05) is 11.5 Å². The van der Waals surface area contributed by atoms with Crippen LogP contribution in [-0.4, -0.2) is 11.5 Å². The minimum absolute atomic E-state index is 0.0971. The summed E-state index contributed by atoms with van der Waals surface area (Å²) in [6, 6.07) is 16.7. The van der Waals surface area contributed by atoms with Crippen LogP contribution in [0.2, 0.25) is 0 Å². The maximum atomic E-state index is 12.2. The second kappa shape index (κ2) is 8.52. The predicted octanol–water partition coefficient (Wildman–Crippen LogP) is 6.76. The van der Waals surface area contributed by atoms with E-state index in [9.17, 15) is 4.79 Å². The van der Waals surface area contributed by atoms with Crippen molar-refractivity contribution in [3.63, 3.8) is 0 Å². The first-order valence-corrected chi connectivity index (χ1v) is 10.1. The summed E-state index contributed by atoms with van der Waals surface area (Å²) in [5.74, 6) is 0.729. The molecule has 0 fully saturated rings. The second-order valence-corrected chi connectivity index (χ2v) is 8.00. The molecule has 0 saturated carbocycles. The molecule has 2 nitrogen and oxygen atoms in total. The molecule has 0 radical (unpaired) electrons. The third-order valence-corrected chi connectivity index (χ3v) is 5.26. The zero-order valence-electron chi connectivity index (χ0n) is 17.4. The average Bonchev–Trinajstić information content (AvgIpc) is 3.16. The topological polar surface area (TPSA) is 29.4 Å². The Morgan fingerprint density at radius 1 is 0.893 bits per heavy atom. The van der Waals surface area contributed by atoms with Gasteiger partial charge in [0.05, 0.1) is 11.4 Å². The zero-order valence-corrected chi connectivity index (χ0v) is 17.4. The number of carbonyl (C=O) groups is 1. The number of hydrogen-bond donors (Lipinski definition) is 0. The molecule has 1 unspecified atom stereocenters. The maximum absolute atomic E-state index is 12.2. The summed E-state index contributed by atoms with van der Waals surface area (Å²) in [7, 11) is 0. The lowest BCUT2D eigenvalue weighted by Gasteiger charge is -2.20. The first kappa shape index (κ1) is 20.0. The van der Waals surface area contributed by atoms with Gasteiger partial charge in [0.15, 0.2) is 5.78 Å². The minimum atomic E-state index is -0.111. The SMILES string of the molecule is CC(=O)C1=CC=CC1C(=Nc1c(C(C)C)cccc1C(C)C)c1ccccc1. The number of rotatable bonds is 6. The Kier molecular flexibility index (Phi) is 6.08. The van der Waals surface area contributed by atoms with Crippen molar-refractivity contribution >= 4 is 17.2 Å². The van der Waals surface area contributed by atoms with E-state index in [2.05, 4.69) is 64.1 Å². The molecule has 0 N–H and O–H groups in total. The molecule has 2 heteroatoms. The number of nitrogens with zero attached hydrogens (tertiary/aromatic N) is 1. The zero-order chi connectivity index (χ0) is 20.3. The molecular weight excluding hydrogens is 342 g/mol. The van der Waals surface area contributed by atoms with Crippen molar-refractivity contribution in [1.29, 1.82) is 0 Å². The van der Waals surface area contributed by atoms with Crippen molar-refractivity contribution in [3.8, 4) is 0 Å². The lowest BCUT2D eigenvalue weighted by Crippen LogP contribution is -2.18. The first-order chi connectivity index (χ1) is 13.4. The highest BCUT2D eigenvalue weighted by atomic mass is 16.1. The lowest BCUT2D eigenvalue weighted by atomic mass is 9.88. The van der Waals surface area contributed by atoms with Crippen LogP contribution in [0, 0.1) is 5.92 Å². The monoisotopic (exact) mass is 371 g/mol. The molecule has 0 aliphatic heterocycles. The summed E-state index contributed by atoms with van der Waals surface area (Å²) in [6.45, 7) is 10.5. The molecule has 3 rings (SSSR count). The van der Waals surface area contributed by atoms with Crippen LogP contribution in [0.1, 0.15) is 63.1 Å². The van der Waals surface area contributed by atoms with Gasteiger partial charge in [-0.2, -0.15) is 0 Å². The fraction of sp³-hybridized carbons (Fsp3) is 0.308. The van der Waals surface area contributed by atoms with Gasteiger partial charge in [0.2, 0.25) is 0 Å². The summed E-state index contributed by atoms with van der Waals surface area (Å²) < 4.78 is 0. The Morgan fingerprint density at radius 2 is 1.50 bits per heavy atom. The Bertz CT molecular complexity index is 919. The van der Waals surface area contributed by atoms with E-state index in [1.807, 2.05) is 30.4 Å². The normalized spacial score (nSPS) is 16.8. The van der Waals surface area contributed by atoms with Gasteiger partial charge in [0.25, 0.3) is 0 Å². The third-order valence-electron chi connectivity index (χ3n) is 5.26. The van der Waals surface area contributed by atoms with Crippen molar-refractivity contribution in [2.75, 3.05) is 0 Å². The second-order valence-electron chi connectivity index (χ2n) is 8.00. The van der Waals surface area contributed by atoms with E-state index in [4.69, 9.17) is 4.99 Å². The summed E-state index contributed by atoms with van der Waals surface area (Å²) in [5, 5.41) is 0. The summed E-state index contributed by atoms with van der Waals surface area (Å²) in [4.78, 5) is 17.5. The molecule has 1 aliphatic carbocycles. The van der Waals surface area contributed by atoms with Gasteiger partial charge in [-0.3, -0.25) is 9.79 Å². The molecule has 0 bridgehead atoms. The van der Waals surface area contributed by atoms with Gasteiger partial charge in [-0.1, -0.05) is 94.5 Å². The molecule has 0 spiro atoms. The fourth-order valence-electron chi connectivity index (χ4n) is 3.74. The molecule has 28 heavy (non-hydrogen) atoms. The fourth-order valence-corrected chi connectivity index (χ4v) is 3.74. The van der Waals surface area contributed by atoms with Crippen molar-refractivity contribution in [2.45, 2.75) is 46.5 Å². The van der Waals surface area contributed by atoms with Gasteiger partial charge in [-0.05, 0) is 35.4 Å². The van der Waals surface area contributed by atoms with Crippen molar-refractivity contribution in [3.05, 3.63) is 89.0 Å². The number of ketones is 1. The van der Waals surface area contributed by atoms with Crippen LogP contribution in [0.4, 0.5) is 5.69 Å². The average molecular weight is 372 g/mol. The smallest absolute Gasteiger partial charge is 0.156 e. The van der Waals surface area contributed by atoms with Crippen LogP contribution >= 0.6 is 0 Å². The van der Waals surface area contributed by atoms with Gasteiger partial charge in [-0.25, -0.2) is 0 Å². The van der Waals surface area contributed by atoms with E-state index in [-0.39, 0.29) is 11.7 Å². The van der Waals surface area contributed by atoms with Crippen LogP contribution < -0.4 is 0 Å². The number of benzene rings is 2. The highest BCUT2D eigenvalue weighted by Gasteiger charge is 2.26. The third kappa shape index (κ3) is 4.06. The van der Waals surface area contributed by atoms with Crippen LogP contribution in [-0.2, 0) is 4.79 Å². The Labute approximate surface area is 168 Å². The molecule has 1 aliphatic rings. The van der Waals surface area contributed by atoms with Crippen LogP contribution in [0.5, 0.6) is 0 Å². The molecule has 144 valence electrons. The molecule has 0 aromatic heterocycles. The number of hydrogen-bond acceptors (Lipinski definition) is 2. The highest BCUT2D eigenvalue weighted by molar-refractivity contribution is 6.12. The number of aliphatic imine (C=N–C) groups is 1. The molecular formula is C26H29NO. The number of allylic oxidation sites excluding steroid dienone is 4. The summed E-state index contributed by atoms with van der Waals surface area (Å²) >= 11 is 0. The quantitative estimate of drug-likeness (QED) is 0.516. The van der Waals surface area contributed by atoms with Gasteiger partial charge in [0.1, 0.15) is 0 Å². The van der Waals surface area contributed by atoms with E-state index >= 15 is 0 Å². The molecule has 1 atom stereocenters. The molecule has 2 aromatic carbocycles. The number of carbonyl (C=O) groups excluding carboxylic acids is 1. The van der Waals surface area contributed by atoms with Gasteiger partial charge < -0.3 is 0 Å². The van der Waals surface area contributed by atoms with Crippen LogP contribution in [0.25, 0.3) is 0 Å². The lowest BCUT2D eigenvalue weighted by molar-refractivity contribution is -0.113. The van der Waals surface area contributed by atoms with Crippen molar-refractivity contribution in [1.82, 2.24) is 0 Å². The van der Waals surface area contributed by atoms with Crippen LogP contribution in [0.15, 0.2) is 77.3 Å². The Hall–Kier alpha value is -2.74. The van der Waals surface area contributed by atoms with Gasteiger partial charge in [-0.15, -0.1) is 0 Å². The first-order valence-electron chi connectivity index (χ1n) is 10.1. The Morgan fingerprint density at radius 3 is 2.04 bits per heavy atom. The highest BCUT2D eigenvalue weighted by Crippen LogP contribution is 2.37. The standard InChI is InChI=1S/C26H29NO/c1-17(2)21-13-9-14-22(18(3)4)26(21)27-25(20-11-7-6-8-12-20)24-16-10-15-23(24)19(5)28/h6-18,24H,1-5H3. The Balaban J connectivity index is 2.26.